The Bertz CT molecular complexity index is 1730. The van der Waals surface area contributed by atoms with E-state index in [1.165, 1.54) is 0 Å². The molecule has 0 N–H and O–H groups in total. The Balaban J connectivity index is 1.53. The molecule has 4 aromatic rings. The third kappa shape index (κ3) is 4.90. The smallest absolute Gasteiger partial charge is 0.419 e. The minimum atomic E-state index is -3.71. The molecule has 1 saturated heterocycles. The first-order valence-corrected chi connectivity index (χ1v) is 16.0. The van der Waals surface area contributed by atoms with Gasteiger partial charge in [-0.15, -0.1) is 0 Å². The van der Waals surface area contributed by atoms with Crippen molar-refractivity contribution in [2.24, 2.45) is 5.92 Å². The minimum Gasteiger partial charge on any atom is -0.497 e. The first-order valence-electron chi connectivity index (χ1n) is 14.6. The lowest BCUT2D eigenvalue weighted by molar-refractivity contribution is 0.0538. The minimum absolute atomic E-state index is 0.0654. The Morgan fingerprint density at radius 1 is 0.952 bits per heavy atom. The number of hydrogen-bond donors (Lipinski definition) is 0. The fourth-order valence-electron chi connectivity index (χ4n) is 6.83. The lowest BCUT2D eigenvalue weighted by Gasteiger charge is -2.30. The van der Waals surface area contributed by atoms with E-state index < -0.39 is 21.7 Å². The van der Waals surface area contributed by atoms with E-state index in [9.17, 15) is 13.2 Å². The Hall–Kier alpha value is -3.62. The molecule has 1 aliphatic heterocycles. The summed E-state index contributed by atoms with van der Waals surface area (Å²) in [5, 5.41) is 1.03. The number of aromatic nitrogens is 1. The summed E-state index contributed by atoms with van der Waals surface area (Å²) in [5.74, 6) is 0.540. The molecule has 0 spiro atoms. The van der Waals surface area contributed by atoms with Crippen LogP contribution in [0.2, 0.25) is 0 Å². The van der Waals surface area contributed by atoms with E-state index in [1.54, 1.807) is 28.1 Å². The van der Waals surface area contributed by atoms with Crippen molar-refractivity contribution >= 4 is 27.0 Å². The van der Waals surface area contributed by atoms with Crippen LogP contribution >= 0.6 is 0 Å². The Morgan fingerprint density at radius 3 is 2.31 bits per heavy atom. The molecule has 7 nitrogen and oxygen atoms in total. The summed E-state index contributed by atoms with van der Waals surface area (Å²) in [5.41, 5.74) is 4.22. The van der Waals surface area contributed by atoms with Crippen molar-refractivity contribution in [3.8, 4) is 5.75 Å². The maximum Gasteiger partial charge on any atom is 0.419 e. The van der Waals surface area contributed by atoms with E-state index in [4.69, 9.17) is 9.47 Å². The van der Waals surface area contributed by atoms with Crippen LogP contribution < -0.4 is 4.74 Å². The number of benzene rings is 3. The molecule has 0 unspecified atom stereocenters. The Labute approximate surface area is 248 Å². The maximum absolute atomic E-state index is 14.0. The van der Waals surface area contributed by atoms with Gasteiger partial charge in [0.25, 0.3) is 0 Å². The third-order valence-electron chi connectivity index (χ3n) is 8.61. The van der Waals surface area contributed by atoms with Crippen LogP contribution in [0.1, 0.15) is 67.8 Å². The molecular formula is C34H38N2O5S. The molecule has 2 aliphatic rings. The van der Waals surface area contributed by atoms with Crippen molar-refractivity contribution in [3.05, 3.63) is 95.2 Å². The molecule has 220 valence electrons. The van der Waals surface area contributed by atoms with Crippen LogP contribution in [0.3, 0.4) is 0 Å². The lowest BCUT2D eigenvalue weighted by Crippen LogP contribution is -2.36. The quantitative estimate of drug-likeness (QED) is 0.256. The van der Waals surface area contributed by atoms with Crippen LogP contribution in [-0.4, -0.2) is 49.2 Å². The normalized spacial score (nSPS) is 21.0. The van der Waals surface area contributed by atoms with Crippen molar-refractivity contribution in [1.82, 2.24) is 8.87 Å². The van der Waals surface area contributed by atoms with Gasteiger partial charge < -0.3 is 9.47 Å². The van der Waals surface area contributed by atoms with Crippen LogP contribution in [0.15, 0.2) is 77.7 Å². The van der Waals surface area contributed by atoms with Gasteiger partial charge in [-0.3, -0.25) is 0 Å². The standard InChI is InChI=1S/C34H38N2O5S/c1-22-12-18-25(19-13-22)42(38,39)35-20-8-10-26-28(21-35)30(23-14-16-24(40-5)17-15-23)32-31(26)27-9-6-7-11-29(27)36(32)33(37)41-34(2,3)4/h6-7,9,11-19,26,28,30H,8,10,20-21H2,1-5H3/t26-,28+,30-/m1/s1. The average molecular weight is 587 g/mol. The number of carbonyl (C=O) groups excluding carboxylic acids is 1. The topological polar surface area (TPSA) is 77.8 Å². The second-order valence-electron chi connectivity index (χ2n) is 12.5. The molecule has 6 rings (SSSR count). The van der Waals surface area contributed by atoms with E-state index in [1.807, 2.05) is 82.3 Å². The highest BCUT2D eigenvalue weighted by Gasteiger charge is 2.49. The van der Waals surface area contributed by atoms with Gasteiger partial charge in [-0.2, -0.15) is 4.31 Å². The summed E-state index contributed by atoms with van der Waals surface area (Å²) >= 11 is 0. The first-order chi connectivity index (χ1) is 20.0. The Morgan fingerprint density at radius 2 is 1.64 bits per heavy atom. The van der Waals surface area contributed by atoms with E-state index in [-0.39, 0.29) is 17.8 Å². The maximum atomic E-state index is 14.0. The first kappa shape index (κ1) is 28.5. The molecule has 0 amide bonds. The Kier molecular flexibility index (Phi) is 7.18. The summed E-state index contributed by atoms with van der Waals surface area (Å²) in [7, 11) is -2.07. The number of fused-ring (bicyclic) bond motifs is 5. The highest BCUT2D eigenvalue weighted by Crippen LogP contribution is 2.56. The number of para-hydroxylation sites is 1. The number of aryl methyl sites for hydroxylation is 1. The van der Waals surface area contributed by atoms with Crippen molar-refractivity contribution in [1.29, 1.82) is 0 Å². The van der Waals surface area contributed by atoms with Gasteiger partial charge >= 0.3 is 6.09 Å². The molecule has 2 heterocycles. The number of carbonyl (C=O) groups is 1. The van der Waals surface area contributed by atoms with Crippen molar-refractivity contribution in [3.63, 3.8) is 0 Å². The van der Waals surface area contributed by atoms with Gasteiger partial charge in [-0.05, 0) is 93.8 Å². The lowest BCUT2D eigenvalue weighted by atomic mass is 9.81. The zero-order valence-corrected chi connectivity index (χ0v) is 25.6. The predicted molar refractivity (Wildman–Crippen MR) is 164 cm³/mol. The fourth-order valence-corrected chi connectivity index (χ4v) is 8.35. The third-order valence-corrected chi connectivity index (χ3v) is 10.5. The number of nitrogens with zero attached hydrogens (tertiary/aromatic N) is 2. The predicted octanol–water partition coefficient (Wildman–Crippen LogP) is 7.07. The second kappa shape index (κ2) is 10.6. The average Bonchev–Trinajstić information content (AvgIpc) is 3.34. The summed E-state index contributed by atoms with van der Waals surface area (Å²) in [6.07, 6.45) is 1.14. The van der Waals surface area contributed by atoms with Crippen LogP contribution in [0.4, 0.5) is 4.79 Å². The van der Waals surface area contributed by atoms with Gasteiger partial charge in [0.2, 0.25) is 10.0 Å². The number of methoxy groups -OCH3 is 1. The largest absolute Gasteiger partial charge is 0.497 e. The van der Waals surface area contributed by atoms with Crippen LogP contribution in [0.5, 0.6) is 5.75 Å². The van der Waals surface area contributed by atoms with Crippen LogP contribution in [0.25, 0.3) is 10.9 Å². The SMILES string of the molecule is COc1ccc([C@H]2c3c(c4ccccc4n3C(=O)OC(C)(C)C)[C@@H]3CCCN(S(=O)(=O)c4ccc(C)cc4)C[C@H]23)cc1. The molecule has 3 atom stereocenters. The monoisotopic (exact) mass is 586 g/mol. The molecule has 1 aromatic heterocycles. The second-order valence-corrected chi connectivity index (χ2v) is 14.4. The molecule has 1 fully saturated rings. The van der Waals surface area contributed by atoms with E-state index in [0.29, 0.717) is 18.0 Å². The molecule has 1 aliphatic carbocycles. The van der Waals surface area contributed by atoms with E-state index in [0.717, 1.165) is 51.9 Å². The summed E-state index contributed by atoms with van der Waals surface area (Å²) in [6, 6.07) is 23.0. The van der Waals surface area contributed by atoms with Crippen molar-refractivity contribution in [2.45, 2.75) is 62.9 Å². The van der Waals surface area contributed by atoms with Crippen LogP contribution in [0, 0.1) is 12.8 Å². The zero-order chi connectivity index (χ0) is 29.8. The molecule has 3 aromatic carbocycles. The molecule has 0 radical (unpaired) electrons. The van der Waals surface area contributed by atoms with Gasteiger partial charge in [0.05, 0.1) is 17.5 Å². The summed E-state index contributed by atoms with van der Waals surface area (Å²) < 4.78 is 42.7. The van der Waals surface area contributed by atoms with E-state index in [2.05, 4.69) is 6.07 Å². The molecule has 0 saturated carbocycles. The molecular weight excluding hydrogens is 548 g/mol. The highest BCUT2D eigenvalue weighted by molar-refractivity contribution is 7.89. The number of ether oxygens (including phenoxy) is 2. The van der Waals surface area contributed by atoms with Gasteiger partial charge in [-0.25, -0.2) is 17.8 Å². The number of sulfonamides is 1. The molecule has 0 bridgehead atoms. The van der Waals surface area contributed by atoms with Gasteiger partial charge in [0.15, 0.2) is 0 Å². The number of hydrogen-bond acceptors (Lipinski definition) is 5. The fraction of sp³-hybridized carbons (Fsp3) is 0.382. The zero-order valence-electron chi connectivity index (χ0n) is 24.8. The van der Waals surface area contributed by atoms with E-state index >= 15 is 0 Å². The van der Waals surface area contributed by atoms with Gasteiger partial charge in [0.1, 0.15) is 11.4 Å². The molecule has 8 heteroatoms. The molecule has 42 heavy (non-hydrogen) atoms. The van der Waals surface area contributed by atoms with Gasteiger partial charge in [-0.1, -0.05) is 48.0 Å². The van der Waals surface area contributed by atoms with Crippen molar-refractivity contribution < 1.29 is 22.7 Å². The summed E-state index contributed by atoms with van der Waals surface area (Å²) in [6.45, 7) is 8.38. The number of rotatable bonds is 4. The van der Waals surface area contributed by atoms with Gasteiger partial charge in [0, 0.05) is 30.1 Å². The van der Waals surface area contributed by atoms with Crippen LogP contribution in [-0.2, 0) is 14.8 Å². The highest BCUT2D eigenvalue weighted by atomic mass is 32.2. The summed E-state index contributed by atoms with van der Waals surface area (Å²) in [4.78, 5) is 14.2. The van der Waals surface area contributed by atoms with Crippen molar-refractivity contribution in [2.75, 3.05) is 20.2 Å².